The van der Waals surface area contributed by atoms with Crippen LogP contribution in [0.2, 0.25) is 0 Å². The fraction of sp³-hybridized carbons (Fsp3) is 0.714. The summed E-state index contributed by atoms with van der Waals surface area (Å²) in [5.41, 5.74) is 1.46. The zero-order valence-corrected chi connectivity index (χ0v) is 7.72. The third-order valence-corrected chi connectivity index (χ3v) is 1.12. The monoisotopic (exact) mass is 174 g/mol. The van der Waals surface area contributed by atoms with E-state index in [2.05, 4.69) is 10.2 Å². The topological polar surface area (TPSA) is 67.4 Å². The summed E-state index contributed by atoms with van der Waals surface area (Å²) < 4.78 is 0. The van der Waals surface area contributed by atoms with Crippen LogP contribution in [0.15, 0.2) is 0 Å². The van der Waals surface area contributed by atoms with E-state index in [0.29, 0.717) is 0 Å². The van der Waals surface area contributed by atoms with Gasteiger partial charge in [0, 0.05) is 12.5 Å². The lowest BCUT2D eigenvalue weighted by Gasteiger charge is -2.16. The van der Waals surface area contributed by atoms with E-state index in [9.17, 15) is 9.59 Å². The van der Waals surface area contributed by atoms with Crippen LogP contribution in [0.4, 0.5) is 4.79 Å². The van der Waals surface area contributed by atoms with Crippen LogP contribution in [0.5, 0.6) is 0 Å². The molecule has 0 aromatic rings. The van der Waals surface area contributed by atoms with E-state index in [1.165, 1.54) is 7.05 Å². The minimum Gasteiger partial charge on any atom is -0.323 e. The molecular formula is C7H14N2O3. The Hall–Kier alpha value is -1.26. The lowest BCUT2D eigenvalue weighted by molar-refractivity contribution is -0.137. The number of hydroxylamine groups is 1. The van der Waals surface area contributed by atoms with Crippen molar-refractivity contribution in [3.05, 3.63) is 0 Å². The van der Waals surface area contributed by atoms with Crippen molar-refractivity contribution in [2.45, 2.75) is 20.8 Å². The van der Waals surface area contributed by atoms with Gasteiger partial charge in [-0.05, 0) is 0 Å². The number of carbonyl (C=O) groups excluding carboxylic acids is 2. The van der Waals surface area contributed by atoms with Crippen molar-refractivity contribution < 1.29 is 14.4 Å². The van der Waals surface area contributed by atoms with Crippen LogP contribution in [0.3, 0.4) is 0 Å². The molecule has 5 heteroatoms. The minimum absolute atomic E-state index is 0.342. The molecule has 0 heterocycles. The van der Waals surface area contributed by atoms with E-state index >= 15 is 0 Å². The predicted molar refractivity (Wildman–Crippen MR) is 43.1 cm³/mol. The first kappa shape index (κ1) is 10.7. The Morgan fingerprint density at radius 2 is 1.75 bits per heavy atom. The fourth-order valence-corrected chi connectivity index (χ4v) is 0.297. The molecule has 0 rings (SSSR count). The van der Waals surface area contributed by atoms with Gasteiger partial charge in [-0.15, -0.1) is 0 Å². The largest absolute Gasteiger partial charge is 0.431 e. The maximum absolute atomic E-state index is 11.1. The smallest absolute Gasteiger partial charge is 0.323 e. The van der Waals surface area contributed by atoms with Crippen molar-refractivity contribution in [2.24, 2.45) is 5.41 Å². The quantitative estimate of drug-likeness (QED) is 0.523. The number of hydrogen-bond donors (Lipinski definition) is 2. The molecule has 70 valence electrons. The highest BCUT2D eigenvalue weighted by Gasteiger charge is 2.22. The number of carbonyl (C=O) groups is 2. The Morgan fingerprint density at radius 3 is 2.08 bits per heavy atom. The van der Waals surface area contributed by atoms with Gasteiger partial charge in [-0.1, -0.05) is 20.8 Å². The highest BCUT2D eigenvalue weighted by atomic mass is 16.7. The molecule has 5 nitrogen and oxygen atoms in total. The highest BCUT2D eigenvalue weighted by molar-refractivity contribution is 5.81. The average Bonchev–Trinajstić information content (AvgIpc) is 1.97. The van der Waals surface area contributed by atoms with Crippen molar-refractivity contribution in [2.75, 3.05) is 7.05 Å². The molecule has 0 fully saturated rings. The van der Waals surface area contributed by atoms with Crippen LogP contribution >= 0.6 is 0 Å². The fourth-order valence-electron chi connectivity index (χ4n) is 0.297. The third-order valence-electron chi connectivity index (χ3n) is 1.12. The minimum atomic E-state index is -0.687. The lowest BCUT2D eigenvalue weighted by atomic mass is 9.96. The second kappa shape index (κ2) is 3.94. The van der Waals surface area contributed by atoms with Crippen LogP contribution in [-0.4, -0.2) is 19.0 Å². The van der Waals surface area contributed by atoms with Crippen LogP contribution in [0.1, 0.15) is 20.8 Å². The Labute approximate surface area is 71.4 Å². The van der Waals surface area contributed by atoms with Crippen LogP contribution in [0, 0.1) is 5.41 Å². The molecule has 2 N–H and O–H groups in total. The lowest BCUT2D eigenvalue weighted by Crippen LogP contribution is -2.38. The molecule has 0 aliphatic rings. The van der Waals surface area contributed by atoms with Gasteiger partial charge in [0.2, 0.25) is 0 Å². The van der Waals surface area contributed by atoms with Gasteiger partial charge in [0.05, 0.1) is 0 Å². The van der Waals surface area contributed by atoms with Crippen LogP contribution in [0.25, 0.3) is 0 Å². The zero-order valence-electron chi connectivity index (χ0n) is 7.72. The number of nitrogens with one attached hydrogen (secondary N) is 2. The molecule has 0 atom stereocenters. The van der Waals surface area contributed by atoms with E-state index in [1.807, 2.05) is 5.48 Å². The molecule has 0 radical (unpaired) electrons. The SMILES string of the molecule is CNC(=O)ONC(=O)C(C)(C)C. The number of amides is 2. The van der Waals surface area contributed by atoms with Crippen molar-refractivity contribution in [1.29, 1.82) is 0 Å². The van der Waals surface area contributed by atoms with Crippen molar-refractivity contribution in [3.63, 3.8) is 0 Å². The predicted octanol–water partition coefficient (Wildman–Crippen LogP) is 0.420. The van der Waals surface area contributed by atoms with Gasteiger partial charge in [-0.2, -0.15) is 5.48 Å². The van der Waals surface area contributed by atoms with Crippen molar-refractivity contribution >= 4 is 12.0 Å². The van der Waals surface area contributed by atoms with Crippen molar-refractivity contribution in [1.82, 2.24) is 10.8 Å². The van der Waals surface area contributed by atoms with Gasteiger partial charge in [0.25, 0.3) is 5.91 Å². The summed E-state index contributed by atoms with van der Waals surface area (Å²) >= 11 is 0. The Balaban J connectivity index is 3.81. The molecular weight excluding hydrogens is 160 g/mol. The van der Waals surface area contributed by atoms with Gasteiger partial charge in [0.1, 0.15) is 0 Å². The number of rotatable bonds is 0. The normalized spacial score (nSPS) is 10.3. The van der Waals surface area contributed by atoms with E-state index < -0.39 is 11.5 Å². The van der Waals surface area contributed by atoms with Gasteiger partial charge < -0.3 is 10.2 Å². The first-order valence-electron chi connectivity index (χ1n) is 3.57. The molecule has 0 saturated carbocycles. The molecule has 12 heavy (non-hydrogen) atoms. The maximum atomic E-state index is 11.1. The Morgan fingerprint density at radius 1 is 1.25 bits per heavy atom. The Kier molecular flexibility index (Phi) is 3.53. The average molecular weight is 174 g/mol. The first-order valence-corrected chi connectivity index (χ1v) is 3.57. The van der Waals surface area contributed by atoms with E-state index in [1.54, 1.807) is 20.8 Å². The summed E-state index contributed by atoms with van der Waals surface area (Å²) in [6.07, 6.45) is -0.687. The highest BCUT2D eigenvalue weighted by Crippen LogP contribution is 2.11. The molecule has 0 spiro atoms. The summed E-state index contributed by atoms with van der Waals surface area (Å²) in [5, 5.41) is 2.20. The second-order valence-electron chi connectivity index (χ2n) is 3.32. The van der Waals surface area contributed by atoms with Crippen LogP contribution in [-0.2, 0) is 9.63 Å². The molecule has 0 aliphatic carbocycles. The molecule has 2 amide bonds. The number of hydrogen-bond acceptors (Lipinski definition) is 3. The zero-order chi connectivity index (χ0) is 9.78. The summed E-state index contributed by atoms with van der Waals surface area (Å²) in [4.78, 5) is 25.9. The maximum Gasteiger partial charge on any atom is 0.431 e. The molecule has 0 aromatic carbocycles. The van der Waals surface area contributed by atoms with Gasteiger partial charge >= 0.3 is 6.09 Å². The second-order valence-corrected chi connectivity index (χ2v) is 3.32. The molecule has 0 saturated heterocycles. The molecule has 0 aliphatic heterocycles. The van der Waals surface area contributed by atoms with E-state index in [-0.39, 0.29) is 5.91 Å². The summed E-state index contributed by atoms with van der Waals surface area (Å²) in [5.74, 6) is -0.342. The van der Waals surface area contributed by atoms with Gasteiger partial charge in [0.15, 0.2) is 0 Å². The molecule has 0 unspecified atom stereocenters. The van der Waals surface area contributed by atoms with Crippen molar-refractivity contribution in [3.8, 4) is 0 Å². The molecule has 0 aromatic heterocycles. The van der Waals surface area contributed by atoms with E-state index in [4.69, 9.17) is 0 Å². The van der Waals surface area contributed by atoms with Gasteiger partial charge in [-0.25, -0.2) is 4.79 Å². The van der Waals surface area contributed by atoms with Crippen LogP contribution < -0.4 is 10.8 Å². The summed E-state index contributed by atoms with van der Waals surface area (Å²) in [6, 6.07) is 0. The van der Waals surface area contributed by atoms with E-state index in [0.717, 1.165) is 0 Å². The standard InChI is InChI=1S/C7H14N2O3/c1-7(2,3)5(10)9-12-6(11)8-4/h1-4H3,(H,8,11)(H,9,10). The summed E-state index contributed by atoms with van der Waals surface area (Å²) in [6.45, 7) is 5.15. The molecule has 0 bridgehead atoms. The first-order chi connectivity index (χ1) is 5.38. The third kappa shape index (κ3) is 3.80. The Bertz CT molecular complexity index is 184. The summed E-state index contributed by atoms with van der Waals surface area (Å²) in [7, 11) is 1.41. The van der Waals surface area contributed by atoms with Gasteiger partial charge in [-0.3, -0.25) is 4.79 Å².